The lowest BCUT2D eigenvalue weighted by atomic mass is 10.1. The largest absolute Gasteiger partial charge is 0.335 e. The van der Waals surface area contributed by atoms with Gasteiger partial charge < -0.3 is 4.90 Å². The Bertz CT molecular complexity index is 833. The van der Waals surface area contributed by atoms with Gasteiger partial charge >= 0.3 is 0 Å². The number of amides is 1. The first-order valence-corrected chi connectivity index (χ1v) is 9.65. The van der Waals surface area contributed by atoms with Crippen molar-refractivity contribution < 1.29 is 13.2 Å². The van der Waals surface area contributed by atoms with Crippen LogP contribution < -0.4 is 4.72 Å². The summed E-state index contributed by atoms with van der Waals surface area (Å²) in [7, 11) is -1.92. The Balaban J connectivity index is 2.27. The van der Waals surface area contributed by atoms with Gasteiger partial charge in [0.2, 0.25) is 10.0 Å². The van der Waals surface area contributed by atoms with E-state index in [1.54, 1.807) is 37.9 Å². The Labute approximate surface area is 149 Å². The van der Waals surface area contributed by atoms with E-state index < -0.39 is 10.0 Å². The molecule has 0 aliphatic carbocycles. The summed E-state index contributed by atoms with van der Waals surface area (Å²) in [5.74, 6) is -0.224. The van der Waals surface area contributed by atoms with Crippen molar-refractivity contribution in [2.24, 2.45) is 0 Å². The van der Waals surface area contributed by atoms with Gasteiger partial charge in [-0.3, -0.25) is 4.79 Å². The van der Waals surface area contributed by atoms with E-state index in [4.69, 9.17) is 0 Å². The number of carbonyl (C=O) groups excluding carboxylic acids is 1. The minimum absolute atomic E-state index is 0.0906. The highest BCUT2D eigenvalue weighted by Crippen LogP contribution is 2.21. The monoisotopic (exact) mass is 360 g/mol. The van der Waals surface area contributed by atoms with Gasteiger partial charge in [0, 0.05) is 18.7 Å². The number of carbonyl (C=O) groups is 1. The molecule has 0 saturated heterocycles. The molecule has 1 amide bonds. The summed E-state index contributed by atoms with van der Waals surface area (Å²) in [6.07, 6.45) is 0. The van der Waals surface area contributed by atoms with Crippen molar-refractivity contribution in [3.05, 3.63) is 65.7 Å². The maximum atomic E-state index is 12.8. The fourth-order valence-electron chi connectivity index (χ4n) is 2.51. The highest BCUT2D eigenvalue weighted by Gasteiger charge is 2.21. The molecule has 0 fully saturated rings. The minimum Gasteiger partial charge on any atom is -0.335 e. The quantitative estimate of drug-likeness (QED) is 0.860. The second kappa shape index (κ2) is 7.80. The van der Waals surface area contributed by atoms with Gasteiger partial charge in [-0.25, -0.2) is 13.1 Å². The summed E-state index contributed by atoms with van der Waals surface area (Å²) in [6.45, 7) is 5.44. The normalized spacial score (nSPS) is 12.8. The second-order valence-corrected chi connectivity index (χ2v) is 8.02. The maximum absolute atomic E-state index is 12.8. The number of hydrogen-bond acceptors (Lipinski definition) is 3. The second-order valence-electron chi connectivity index (χ2n) is 6.31. The van der Waals surface area contributed by atoms with Crippen LogP contribution in [0.4, 0.5) is 0 Å². The van der Waals surface area contributed by atoms with Gasteiger partial charge in [0.15, 0.2) is 0 Å². The molecule has 1 atom stereocenters. The SMILES string of the molecule is CC(C)NS(=O)(=O)c1cccc(C(=O)N(C)C(C)c2ccccc2)c1. The van der Waals surface area contributed by atoms with Crippen LogP contribution in [0.2, 0.25) is 0 Å². The van der Waals surface area contributed by atoms with Crippen LogP contribution in [0.25, 0.3) is 0 Å². The highest BCUT2D eigenvalue weighted by molar-refractivity contribution is 7.89. The summed E-state index contributed by atoms with van der Waals surface area (Å²) >= 11 is 0. The van der Waals surface area contributed by atoms with Crippen LogP contribution in [-0.2, 0) is 10.0 Å². The fourth-order valence-corrected chi connectivity index (χ4v) is 3.81. The van der Waals surface area contributed by atoms with E-state index in [2.05, 4.69) is 4.72 Å². The minimum atomic E-state index is -3.63. The van der Waals surface area contributed by atoms with Gasteiger partial charge in [0.05, 0.1) is 10.9 Å². The molecule has 6 heteroatoms. The third-order valence-corrected chi connectivity index (χ3v) is 5.62. The molecule has 2 aromatic rings. The van der Waals surface area contributed by atoms with E-state index >= 15 is 0 Å². The van der Waals surface area contributed by atoms with Crippen LogP contribution >= 0.6 is 0 Å². The van der Waals surface area contributed by atoms with Gasteiger partial charge in [-0.05, 0) is 44.5 Å². The van der Waals surface area contributed by atoms with Crippen LogP contribution in [-0.4, -0.2) is 32.3 Å². The molecule has 0 radical (unpaired) electrons. The zero-order valence-electron chi connectivity index (χ0n) is 14.9. The zero-order chi connectivity index (χ0) is 18.6. The molecular weight excluding hydrogens is 336 g/mol. The van der Waals surface area contributed by atoms with Gasteiger partial charge in [-0.15, -0.1) is 0 Å². The summed E-state index contributed by atoms with van der Waals surface area (Å²) in [5, 5.41) is 0. The van der Waals surface area contributed by atoms with E-state index in [9.17, 15) is 13.2 Å². The molecule has 25 heavy (non-hydrogen) atoms. The molecule has 1 unspecified atom stereocenters. The van der Waals surface area contributed by atoms with E-state index in [0.717, 1.165) is 5.56 Å². The third kappa shape index (κ3) is 4.67. The van der Waals surface area contributed by atoms with Gasteiger partial charge in [-0.2, -0.15) is 0 Å². The average Bonchev–Trinajstić information content (AvgIpc) is 2.59. The number of hydrogen-bond donors (Lipinski definition) is 1. The number of benzene rings is 2. The maximum Gasteiger partial charge on any atom is 0.254 e. The molecule has 0 bridgehead atoms. The van der Waals surface area contributed by atoms with E-state index in [0.29, 0.717) is 5.56 Å². The van der Waals surface area contributed by atoms with Crippen LogP contribution in [0, 0.1) is 0 Å². The van der Waals surface area contributed by atoms with Gasteiger partial charge in [-0.1, -0.05) is 36.4 Å². The van der Waals surface area contributed by atoms with Gasteiger partial charge in [0.1, 0.15) is 0 Å². The number of rotatable bonds is 6. The molecule has 0 aliphatic rings. The third-order valence-electron chi connectivity index (χ3n) is 3.97. The molecule has 0 aromatic heterocycles. The van der Waals surface area contributed by atoms with Gasteiger partial charge in [0.25, 0.3) is 5.91 Å². The van der Waals surface area contributed by atoms with E-state index in [-0.39, 0.29) is 22.9 Å². The van der Waals surface area contributed by atoms with Crippen LogP contribution in [0.5, 0.6) is 0 Å². The summed E-state index contributed by atoms with van der Waals surface area (Å²) < 4.78 is 27.1. The number of nitrogens with zero attached hydrogens (tertiary/aromatic N) is 1. The lowest BCUT2D eigenvalue weighted by molar-refractivity contribution is 0.0742. The van der Waals surface area contributed by atoms with E-state index in [1.807, 2.05) is 37.3 Å². The molecular formula is C19H24N2O3S. The van der Waals surface area contributed by atoms with Crippen molar-refractivity contribution in [3.63, 3.8) is 0 Å². The molecule has 0 aliphatic heterocycles. The first kappa shape index (κ1) is 19.1. The average molecular weight is 360 g/mol. The van der Waals surface area contributed by atoms with Crippen molar-refractivity contribution in [2.45, 2.75) is 37.8 Å². The van der Waals surface area contributed by atoms with Crippen molar-refractivity contribution in [3.8, 4) is 0 Å². The Morgan fingerprint density at radius 2 is 1.64 bits per heavy atom. The lowest BCUT2D eigenvalue weighted by Crippen LogP contribution is -2.31. The Morgan fingerprint density at radius 3 is 2.24 bits per heavy atom. The molecule has 2 aromatic carbocycles. The molecule has 0 saturated carbocycles. The van der Waals surface area contributed by atoms with Crippen molar-refractivity contribution >= 4 is 15.9 Å². The van der Waals surface area contributed by atoms with Crippen molar-refractivity contribution in [2.75, 3.05) is 7.05 Å². The van der Waals surface area contributed by atoms with Crippen LogP contribution in [0.3, 0.4) is 0 Å². The molecule has 0 heterocycles. The molecule has 2 rings (SSSR count). The molecule has 134 valence electrons. The van der Waals surface area contributed by atoms with Crippen molar-refractivity contribution in [1.29, 1.82) is 0 Å². The first-order chi connectivity index (χ1) is 11.7. The molecule has 1 N–H and O–H groups in total. The van der Waals surface area contributed by atoms with E-state index in [1.165, 1.54) is 12.1 Å². The fraction of sp³-hybridized carbons (Fsp3) is 0.316. The lowest BCUT2D eigenvalue weighted by Gasteiger charge is -2.25. The standard InChI is InChI=1S/C19H24N2O3S/c1-14(2)20-25(23,24)18-12-8-11-17(13-18)19(22)21(4)15(3)16-9-6-5-7-10-16/h5-15,20H,1-4H3. The summed E-state index contributed by atoms with van der Waals surface area (Å²) in [6, 6.07) is 15.5. The zero-order valence-corrected chi connectivity index (χ0v) is 15.7. The molecule has 5 nitrogen and oxygen atoms in total. The Morgan fingerprint density at radius 1 is 1.00 bits per heavy atom. The highest BCUT2D eigenvalue weighted by atomic mass is 32.2. The topological polar surface area (TPSA) is 66.5 Å². The summed E-state index contributed by atoms with van der Waals surface area (Å²) in [5.41, 5.74) is 1.36. The predicted octanol–water partition coefficient (Wildman–Crippen LogP) is 3.21. The smallest absolute Gasteiger partial charge is 0.254 e. The first-order valence-electron chi connectivity index (χ1n) is 8.17. The summed E-state index contributed by atoms with van der Waals surface area (Å²) in [4.78, 5) is 14.5. The van der Waals surface area contributed by atoms with Crippen LogP contribution in [0.1, 0.15) is 42.7 Å². The molecule has 0 spiro atoms. The Kier molecular flexibility index (Phi) is 5.98. The van der Waals surface area contributed by atoms with Crippen molar-refractivity contribution in [1.82, 2.24) is 9.62 Å². The predicted molar refractivity (Wildman–Crippen MR) is 98.9 cm³/mol. The number of sulfonamides is 1. The Hall–Kier alpha value is -2.18. The van der Waals surface area contributed by atoms with Crippen LogP contribution in [0.15, 0.2) is 59.5 Å². The number of nitrogens with one attached hydrogen (secondary N) is 1.